The van der Waals surface area contributed by atoms with E-state index >= 15 is 0 Å². The molecule has 0 aromatic rings. The molecule has 2 saturated heterocycles. The molecule has 1 N–H and O–H groups in total. The summed E-state index contributed by atoms with van der Waals surface area (Å²) in [5.41, 5.74) is 0. The smallest absolute Gasteiger partial charge is 0.279 e. The van der Waals surface area contributed by atoms with E-state index in [0.717, 1.165) is 32.2 Å². The monoisotopic (exact) mass is 303 g/mol. The first kappa shape index (κ1) is 15.7. The summed E-state index contributed by atoms with van der Waals surface area (Å²) in [6.45, 7) is 4.43. The highest BCUT2D eigenvalue weighted by Crippen LogP contribution is 2.19. The average Bonchev–Trinajstić information content (AvgIpc) is 2.81. The van der Waals surface area contributed by atoms with E-state index in [1.807, 2.05) is 11.8 Å². The average molecular weight is 303 g/mol. The van der Waals surface area contributed by atoms with E-state index < -0.39 is 10.2 Å². The van der Waals surface area contributed by atoms with Crippen molar-refractivity contribution in [2.24, 2.45) is 0 Å². The summed E-state index contributed by atoms with van der Waals surface area (Å²) in [7, 11) is -3.36. The van der Waals surface area contributed by atoms with Crippen LogP contribution in [-0.2, 0) is 15.0 Å². The molecular formula is C13H25N3O3S. The Bertz CT molecular complexity index is 438. The lowest BCUT2D eigenvalue weighted by Crippen LogP contribution is -2.48. The predicted octanol–water partition coefficient (Wildman–Crippen LogP) is 0.708. The second-order valence-electron chi connectivity index (χ2n) is 5.69. The van der Waals surface area contributed by atoms with E-state index in [2.05, 4.69) is 4.72 Å². The van der Waals surface area contributed by atoms with Gasteiger partial charge in [0.15, 0.2) is 0 Å². The number of nitrogens with zero attached hydrogens (tertiary/aromatic N) is 2. The highest BCUT2D eigenvalue weighted by atomic mass is 32.2. The fourth-order valence-corrected chi connectivity index (χ4v) is 4.44. The summed E-state index contributed by atoms with van der Waals surface area (Å²) in [6, 6.07) is 0.0846. The maximum absolute atomic E-state index is 12.2. The molecule has 2 rings (SSSR count). The topological polar surface area (TPSA) is 69.7 Å². The summed E-state index contributed by atoms with van der Waals surface area (Å²) in [6.07, 6.45) is 5.21. The Balaban J connectivity index is 1.73. The third-order valence-corrected chi connectivity index (χ3v) is 5.84. The Morgan fingerprint density at radius 1 is 1.25 bits per heavy atom. The predicted molar refractivity (Wildman–Crippen MR) is 77.4 cm³/mol. The minimum absolute atomic E-state index is 0.0846. The van der Waals surface area contributed by atoms with E-state index in [1.54, 1.807) is 4.31 Å². The number of nitrogens with one attached hydrogen (secondary N) is 1. The lowest BCUT2D eigenvalue weighted by molar-refractivity contribution is -0.127. The summed E-state index contributed by atoms with van der Waals surface area (Å²) in [4.78, 5) is 13.3. The maximum Gasteiger partial charge on any atom is 0.279 e. The van der Waals surface area contributed by atoms with Crippen LogP contribution in [0.25, 0.3) is 0 Å². The summed E-state index contributed by atoms with van der Waals surface area (Å²) in [5, 5.41) is 0. The van der Waals surface area contributed by atoms with Gasteiger partial charge in [0.05, 0.1) is 0 Å². The largest absolute Gasteiger partial charge is 0.343 e. The van der Waals surface area contributed by atoms with Gasteiger partial charge >= 0.3 is 0 Å². The molecule has 2 fully saturated rings. The van der Waals surface area contributed by atoms with Gasteiger partial charge in [0, 0.05) is 38.6 Å². The fraction of sp³-hybridized carbons (Fsp3) is 0.923. The molecule has 2 aliphatic rings. The molecule has 2 aliphatic heterocycles. The molecule has 7 heteroatoms. The molecule has 0 radical (unpaired) electrons. The van der Waals surface area contributed by atoms with Crippen molar-refractivity contribution in [2.75, 3.05) is 26.2 Å². The van der Waals surface area contributed by atoms with Crippen LogP contribution >= 0.6 is 0 Å². The minimum atomic E-state index is -3.36. The van der Waals surface area contributed by atoms with Crippen molar-refractivity contribution in [3.8, 4) is 0 Å². The van der Waals surface area contributed by atoms with Crippen molar-refractivity contribution >= 4 is 16.1 Å². The van der Waals surface area contributed by atoms with Crippen molar-refractivity contribution in [3.05, 3.63) is 0 Å². The van der Waals surface area contributed by atoms with E-state index in [-0.39, 0.29) is 11.9 Å². The fourth-order valence-electron chi connectivity index (χ4n) is 2.92. The van der Waals surface area contributed by atoms with Gasteiger partial charge < -0.3 is 4.90 Å². The van der Waals surface area contributed by atoms with Crippen molar-refractivity contribution in [1.29, 1.82) is 0 Å². The number of likely N-dealkylation sites (tertiary alicyclic amines) is 1. The second-order valence-corrected chi connectivity index (χ2v) is 7.40. The van der Waals surface area contributed by atoms with Crippen LogP contribution in [0.5, 0.6) is 0 Å². The molecule has 0 bridgehead atoms. The molecule has 0 aromatic heterocycles. The van der Waals surface area contributed by atoms with E-state index in [9.17, 15) is 13.2 Å². The molecule has 0 saturated carbocycles. The van der Waals surface area contributed by atoms with Gasteiger partial charge in [-0.05, 0) is 32.6 Å². The lowest BCUT2D eigenvalue weighted by Gasteiger charge is -2.32. The molecule has 1 amide bonds. The third kappa shape index (κ3) is 3.93. The van der Waals surface area contributed by atoms with Gasteiger partial charge in [0.1, 0.15) is 0 Å². The molecule has 2 heterocycles. The van der Waals surface area contributed by atoms with Crippen LogP contribution in [0, 0.1) is 0 Å². The number of hydrogen-bond donors (Lipinski definition) is 1. The molecule has 1 atom stereocenters. The Hall–Kier alpha value is -0.660. The molecule has 116 valence electrons. The van der Waals surface area contributed by atoms with Gasteiger partial charge in [0.2, 0.25) is 5.91 Å². The molecule has 0 aliphatic carbocycles. The number of carbonyl (C=O) groups is 1. The molecule has 6 nitrogen and oxygen atoms in total. The number of hydrogen-bond acceptors (Lipinski definition) is 3. The third-order valence-electron chi connectivity index (χ3n) is 4.11. The lowest BCUT2D eigenvalue weighted by atomic mass is 10.1. The van der Waals surface area contributed by atoms with Crippen molar-refractivity contribution in [3.63, 3.8) is 0 Å². The highest BCUT2D eigenvalue weighted by molar-refractivity contribution is 7.87. The Labute approximate surface area is 121 Å². The minimum Gasteiger partial charge on any atom is -0.343 e. The number of piperidine rings is 1. The number of amides is 1. The van der Waals surface area contributed by atoms with Crippen LogP contribution < -0.4 is 4.72 Å². The van der Waals surface area contributed by atoms with Gasteiger partial charge in [-0.2, -0.15) is 12.7 Å². The first-order valence-corrected chi connectivity index (χ1v) is 8.99. The van der Waals surface area contributed by atoms with Gasteiger partial charge in [0.25, 0.3) is 10.2 Å². The van der Waals surface area contributed by atoms with Crippen LogP contribution in [0.1, 0.15) is 45.4 Å². The van der Waals surface area contributed by atoms with Crippen molar-refractivity contribution in [2.45, 2.75) is 51.5 Å². The Morgan fingerprint density at radius 2 is 2.05 bits per heavy atom. The van der Waals surface area contributed by atoms with Gasteiger partial charge in [-0.1, -0.05) is 6.42 Å². The van der Waals surface area contributed by atoms with Crippen LogP contribution in [0.4, 0.5) is 0 Å². The molecule has 0 aromatic carbocycles. The zero-order valence-electron chi connectivity index (χ0n) is 12.2. The highest BCUT2D eigenvalue weighted by Gasteiger charge is 2.29. The van der Waals surface area contributed by atoms with Crippen molar-refractivity contribution < 1.29 is 13.2 Å². The van der Waals surface area contributed by atoms with E-state index in [4.69, 9.17) is 0 Å². The zero-order valence-corrected chi connectivity index (χ0v) is 13.0. The van der Waals surface area contributed by atoms with Crippen LogP contribution in [-0.4, -0.2) is 55.8 Å². The van der Waals surface area contributed by atoms with Crippen LogP contribution in [0.3, 0.4) is 0 Å². The quantitative estimate of drug-likeness (QED) is 0.735. The number of carbonyl (C=O) groups excluding carboxylic acids is 1. The van der Waals surface area contributed by atoms with Crippen molar-refractivity contribution in [1.82, 2.24) is 13.9 Å². The Kier molecular flexibility index (Phi) is 5.40. The Morgan fingerprint density at radius 3 is 2.70 bits per heavy atom. The molecule has 0 spiro atoms. The normalized spacial score (nSPS) is 25.4. The standard InChI is InChI=1S/C13H25N3O3S/c1-12-6-2-3-11-16(12)20(18,19)14-8-5-10-15-9-4-7-13(15)17/h12,14H,2-11H2,1H3/t12-/m0/s1. The van der Waals surface area contributed by atoms with Gasteiger partial charge in [-0.25, -0.2) is 4.72 Å². The zero-order chi connectivity index (χ0) is 14.6. The first-order valence-electron chi connectivity index (χ1n) is 7.55. The molecule has 0 unspecified atom stereocenters. The van der Waals surface area contributed by atoms with E-state index in [1.165, 1.54) is 0 Å². The first-order chi connectivity index (χ1) is 9.50. The SMILES string of the molecule is C[C@H]1CCCCN1S(=O)(=O)NCCCN1CCCC1=O. The summed E-state index contributed by atoms with van der Waals surface area (Å²) >= 11 is 0. The second kappa shape index (κ2) is 6.87. The summed E-state index contributed by atoms with van der Waals surface area (Å²) < 4.78 is 28.6. The van der Waals surface area contributed by atoms with Crippen LogP contribution in [0.15, 0.2) is 0 Å². The van der Waals surface area contributed by atoms with Gasteiger partial charge in [-0.15, -0.1) is 0 Å². The molecular weight excluding hydrogens is 278 g/mol. The van der Waals surface area contributed by atoms with Crippen LogP contribution in [0.2, 0.25) is 0 Å². The molecule has 20 heavy (non-hydrogen) atoms. The number of rotatable bonds is 6. The maximum atomic E-state index is 12.2. The van der Waals surface area contributed by atoms with E-state index in [0.29, 0.717) is 32.5 Å². The van der Waals surface area contributed by atoms with Gasteiger partial charge in [-0.3, -0.25) is 4.79 Å². The summed E-state index contributed by atoms with van der Waals surface area (Å²) in [5.74, 6) is 0.192.